The second-order valence-corrected chi connectivity index (χ2v) is 12.5. The molecule has 0 spiro atoms. The summed E-state index contributed by atoms with van der Waals surface area (Å²) in [5.41, 5.74) is 0.0395. The van der Waals surface area contributed by atoms with Crippen LogP contribution < -0.4 is 0 Å². The largest absolute Gasteiger partial charge is 0.414 e. The number of rotatable bonds is 5. The molecule has 1 saturated carbocycles. The Labute approximate surface area is 137 Å². The number of ether oxygens (including phenoxy) is 1. The molecule has 130 valence electrons. The van der Waals surface area contributed by atoms with Gasteiger partial charge in [-0.05, 0) is 37.0 Å². The van der Waals surface area contributed by atoms with E-state index in [9.17, 15) is 13.2 Å². The van der Waals surface area contributed by atoms with E-state index in [2.05, 4.69) is 33.9 Å². The zero-order chi connectivity index (χ0) is 17.4. The van der Waals surface area contributed by atoms with Crippen LogP contribution in [0.25, 0.3) is 0 Å². The van der Waals surface area contributed by atoms with Crippen molar-refractivity contribution in [3.8, 4) is 0 Å². The Hall–Kier alpha value is -0.853. The summed E-state index contributed by atoms with van der Waals surface area (Å²) in [6, 6.07) is 2.14. The van der Waals surface area contributed by atoms with Crippen molar-refractivity contribution >= 4 is 8.32 Å². The normalized spacial score (nSPS) is 22.1. The smallest absolute Gasteiger partial charge is 0.194 e. The molecule has 1 aliphatic carbocycles. The van der Waals surface area contributed by atoms with Gasteiger partial charge in [-0.1, -0.05) is 26.8 Å². The Balaban J connectivity index is 1.80. The molecule has 2 nitrogen and oxygen atoms in total. The predicted molar refractivity (Wildman–Crippen MR) is 86.2 cm³/mol. The molecule has 0 aliphatic heterocycles. The summed E-state index contributed by atoms with van der Waals surface area (Å²) in [6.07, 6.45) is 1.68. The van der Waals surface area contributed by atoms with Gasteiger partial charge in [-0.2, -0.15) is 0 Å². The van der Waals surface area contributed by atoms with Crippen LogP contribution in [-0.2, 0) is 15.8 Å². The number of benzene rings is 1. The second kappa shape index (κ2) is 6.57. The first-order valence-corrected chi connectivity index (χ1v) is 10.8. The number of halogens is 3. The van der Waals surface area contributed by atoms with Gasteiger partial charge in [0.2, 0.25) is 0 Å². The highest BCUT2D eigenvalue weighted by Gasteiger charge is 2.42. The Morgan fingerprint density at radius 1 is 1.04 bits per heavy atom. The summed E-state index contributed by atoms with van der Waals surface area (Å²) < 4.78 is 51.4. The van der Waals surface area contributed by atoms with Gasteiger partial charge >= 0.3 is 0 Å². The zero-order valence-electron chi connectivity index (χ0n) is 14.4. The average molecular weight is 346 g/mol. The third kappa shape index (κ3) is 4.16. The number of hydrogen-bond acceptors (Lipinski definition) is 2. The molecule has 1 aromatic carbocycles. The highest BCUT2D eigenvalue weighted by molar-refractivity contribution is 6.74. The minimum absolute atomic E-state index is 0.0164. The third-order valence-electron chi connectivity index (χ3n) is 4.91. The summed E-state index contributed by atoms with van der Waals surface area (Å²) in [4.78, 5) is 0. The van der Waals surface area contributed by atoms with E-state index in [-0.39, 0.29) is 29.4 Å². The fraction of sp³-hybridized carbons (Fsp3) is 0.647. The van der Waals surface area contributed by atoms with Crippen molar-refractivity contribution in [3.05, 3.63) is 35.1 Å². The lowest BCUT2D eigenvalue weighted by molar-refractivity contribution is -0.0733. The van der Waals surface area contributed by atoms with Gasteiger partial charge in [-0.25, -0.2) is 13.2 Å². The zero-order valence-corrected chi connectivity index (χ0v) is 15.4. The Morgan fingerprint density at radius 3 is 2.22 bits per heavy atom. The molecule has 0 bridgehead atoms. The van der Waals surface area contributed by atoms with Gasteiger partial charge in [-0.15, -0.1) is 0 Å². The summed E-state index contributed by atoms with van der Waals surface area (Å²) in [7, 11) is -1.78. The van der Waals surface area contributed by atoms with E-state index < -0.39 is 25.8 Å². The highest BCUT2D eigenvalue weighted by atomic mass is 28.4. The van der Waals surface area contributed by atoms with Crippen LogP contribution in [0.3, 0.4) is 0 Å². The Kier molecular flexibility index (Phi) is 5.28. The molecule has 23 heavy (non-hydrogen) atoms. The van der Waals surface area contributed by atoms with E-state index in [0.717, 1.165) is 18.9 Å². The third-order valence-corrected chi connectivity index (χ3v) is 9.44. The van der Waals surface area contributed by atoms with Crippen molar-refractivity contribution in [1.29, 1.82) is 0 Å². The van der Waals surface area contributed by atoms with Gasteiger partial charge < -0.3 is 9.16 Å². The summed E-state index contributed by atoms with van der Waals surface area (Å²) in [5, 5.41) is 0.160. The monoisotopic (exact) mass is 346 g/mol. The van der Waals surface area contributed by atoms with Crippen LogP contribution >= 0.6 is 0 Å². The standard InChI is InChI=1S/C17H25F3O2Si/c1-17(2,3)23(4,5)22-13-8-12(9-13)21-10-11-6-7-14(18)16(20)15(11)19/h6-7,12-13H,8-10H2,1-5H3. The lowest BCUT2D eigenvalue weighted by Gasteiger charge is -2.44. The molecule has 1 fully saturated rings. The molecule has 0 unspecified atom stereocenters. The van der Waals surface area contributed by atoms with Crippen molar-refractivity contribution in [2.24, 2.45) is 0 Å². The van der Waals surface area contributed by atoms with Crippen LogP contribution in [-0.4, -0.2) is 20.5 Å². The molecule has 0 atom stereocenters. The minimum atomic E-state index is -1.78. The maximum atomic E-state index is 13.6. The second-order valence-electron chi connectivity index (χ2n) is 7.74. The molecule has 0 radical (unpaired) electrons. The molecule has 2 rings (SSSR count). The molecule has 0 heterocycles. The predicted octanol–water partition coefficient (Wildman–Crippen LogP) is 5.17. The van der Waals surface area contributed by atoms with E-state index in [1.165, 1.54) is 6.07 Å². The molecule has 0 amide bonds. The minimum Gasteiger partial charge on any atom is -0.414 e. The van der Waals surface area contributed by atoms with Crippen molar-refractivity contribution in [2.75, 3.05) is 0 Å². The first kappa shape index (κ1) is 18.5. The Morgan fingerprint density at radius 2 is 1.65 bits per heavy atom. The lowest BCUT2D eigenvalue weighted by Crippen LogP contribution is -2.49. The van der Waals surface area contributed by atoms with Crippen LogP contribution in [0.2, 0.25) is 18.1 Å². The van der Waals surface area contributed by atoms with E-state index in [1.807, 2.05) is 0 Å². The molecular formula is C17H25F3O2Si. The fourth-order valence-corrected chi connectivity index (χ4v) is 3.61. The first-order valence-electron chi connectivity index (χ1n) is 7.93. The Bertz CT molecular complexity index is 564. The average Bonchev–Trinajstić information content (AvgIpc) is 2.39. The van der Waals surface area contributed by atoms with Gasteiger partial charge in [-0.3, -0.25) is 0 Å². The quantitative estimate of drug-likeness (QED) is 0.541. The van der Waals surface area contributed by atoms with Gasteiger partial charge in [0.15, 0.2) is 25.8 Å². The van der Waals surface area contributed by atoms with Crippen molar-refractivity contribution in [2.45, 2.75) is 70.6 Å². The molecule has 1 aromatic rings. The molecule has 1 aliphatic rings. The van der Waals surface area contributed by atoms with Crippen molar-refractivity contribution in [1.82, 2.24) is 0 Å². The topological polar surface area (TPSA) is 18.5 Å². The molecular weight excluding hydrogens is 321 g/mol. The molecule has 0 saturated heterocycles. The van der Waals surface area contributed by atoms with Gasteiger partial charge in [0, 0.05) is 11.7 Å². The van der Waals surface area contributed by atoms with Gasteiger partial charge in [0.05, 0.1) is 12.7 Å². The van der Waals surface area contributed by atoms with Gasteiger partial charge in [0.25, 0.3) is 0 Å². The van der Waals surface area contributed by atoms with Crippen LogP contribution in [0, 0.1) is 17.5 Å². The van der Waals surface area contributed by atoms with Crippen LogP contribution in [0.4, 0.5) is 13.2 Å². The molecule has 0 aromatic heterocycles. The SMILES string of the molecule is CC(C)(C)[Si](C)(C)OC1CC(OCc2ccc(F)c(F)c2F)C1. The summed E-state index contributed by atoms with van der Waals surface area (Å²) in [5.74, 6) is -3.80. The highest BCUT2D eigenvalue weighted by Crippen LogP contribution is 2.40. The van der Waals surface area contributed by atoms with Crippen molar-refractivity contribution < 1.29 is 22.3 Å². The van der Waals surface area contributed by atoms with E-state index in [0.29, 0.717) is 0 Å². The fourth-order valence-electron chi connectivity index (χ4n) is 2.23. The van der Waals surface area contributed by atoms with Crippen molar-refractivity contribution in [3.63, 3.8) is 0 Å². The van der Waals surface area contributed by atoms with E-state index in [1.54, 1.807) is 0 Å². The summed E-state index contributed by atoms with van der Waals surface area (Å²) in [6.45, 7) is 10.9. The maximum Gasteiger partial charge on any atom is 0.194 e. The molecule has 0 N–H and O–H groups in total. The summed E-state index contributed by atoms with van der Waals surface area (Å²) >= 11 is 0. The van der Waals surface area contributed by atoms with E-state index >= 15 is 0 Å². The van der Waals surface area contributed by atoms with Crippen LogP contribution in [0.5, 0.6) is 0 Å². The molecule has 6 heteroatoms. The first-order chi connectivity index (χ1) is 10.5. The number of hydrogen-bond donors (Lipinski definition) is 0. The maximum absolute atomic E-state index is 13.6. The van der Waals surface area contributed by atoms with Crippen LogP contribution in [0.15, 0.2) is 12.1 Å². The van der Waals surface area contributed by atoms with E-state index in [4.69, 9.17) is 9.16 Å². The van der Waals surface area contributed by atoms with Gasteiger partial charge in [0.1, 0.15) is 0 Å². The lowest BCUT2D eigenvalue weighted by atomic mass is 9.92. The van der Waals surface area contributed by atoms with Crippen LogP contribution in [0.1, 0.15) is 39.2 Å².